The number of thioether (sulfide) groups is 1. The first-order chi connectivity index (χ1) is 9.56. The first-order valence-electron chi connectivity index (χ1n) is 6.03. The van der Waals surface area contributed by atoms with Crippen molar-refractivity contribution in [3.8, 4) is 0 Å². The number of aryl methyl sites for hydroxylation is 1. The fraction of sp³-hybridized carbons (Fsp3) is 0.133. The van der Waals surface area contributed by atoms with Gasteiger partial charge >= 0.3 is 0 Å². The summed E-state index contributed by atoms with van der Waals surface area (Å²) in [5, 5.41) is 10.5. The smallest absolute Gasteiger partial charge is 0.269 e. The number of nitro groups is 1. The summed E-state index contributed by atoms with van der Waals surface area (Å²) in [6.07, 6.45) is 0. The maximum absolute atomic E-state index is 12.0. The highest BCUT2D eigenvalue weighted by molar-refractivity contribution is 8.13. The molecule has 0 fully saturated rings. The third kappa shape index (κ3) is 3.68. The van der Waals surface area contributed by atoms with Crippen LogP contribution < -0.4 is 0 Å². The minimum atomic E-state index is -0.436. The van der Waals surface area contributed by atoms with Crippen LogP contribution in [0.4, 0.5) is 5.69 Å². The van der Waals surface area contributed by atoms with E-state index in [2.05, 4.69) is 0 Å². The fourth-order valence-corrected chi connectivity index (χ4v) is 2.43. The van der Waals surface area contributed by atoms with E-state index in [0.717, 1.165) is 11.1 Å². The first-order valence-corrected chi connectivity index (χ1v) is 7.02. The lowest BCUT2D eigenvalue weighted by molar-refractivity contribution is -0.384. The van der Waals surface area contributed by atoms with Crippen LogP contribution in [0.1, 0.15) is 21.5 Å². The molecule has 0 atom stereocenters. The van der Waals surface area contributed by atoms with E-state index < -0.39 is 4.92 Å². The fourth-order valence-electron chi connectivity index (χ4n) is 1.64. The van der Waals surface area contributed by atoms with Crippen molar-refractivity contribution in [3.05, 3.63) is 75.3 Å². The van der Waals surface area contributed by atoms with Gasteiger partial charge in [-0.2, -0.15) is 0 Å². The Morgan fingerprint density at radius 3 is 2.25 bits per heavy atom. The van der Waals surface area contributed by atoms with E-state index in [4.69, 9.17) is 0 Å². The Bertz CT molecular complexity index is 621. The standard InChI is InChI=1S/C15H13NO3S/c1-11-2-6-13(7-3-11)15(17)20-10-12-4-8-14(9-5-12)16(18)19/h2-9H,10H2,1H3. The molecule has 0 aliphatic heterocycles. The van der Waals surface area contributed by atoms with Crippen LogP contribution in [-0.2, 0) is 5.75 Å². The lowest BCUT2D eigenvalue weighted by atomic mass is 10.2. The van der Waals surface area contributed by atoms with E-state index >= 15 is 0 Å². The Morgan fingerprint density at radius 2 is 1.70 bits per heavy atom. The second-order valence-electron chi connectivity index (χ2n) is 4.37. The molecule has 0 bridgehead atoms. The quantitative estimate of drug-likeness (QED) is 0.630. The van der Waals surface area contributed by atoms with Crippen LogP contribution in [0.25, 0.3) is 0 Å². The van der Waals surface area contributed by atoms with Crippen LogP contribution in [0.5, 0.6) is 0 Å². The molecule has 0 spiro atoms. The van der Waals surface area contributed by atoms with E-state index in [0.29, 0.717) is 11.3 Å². The monoisotopic (exact) mass is 287 g/mol. The molecule has 0 N–H and O–H groups in total. The Labute approximate surface area is 121 Å². The second kappa shape index (κ2) is 6.34. The van der Waals surface area contributed by atoms with E-state index in [1.54, 1.807) is 24.3 Å². The summed E-state index contributed by atoms with van der Waals surface area (Å²) in [7, 11) is 0. The zero-order valence-electron chi connectivity index (χ0n) is 10.9. The summed E-state index contributed by atoms with van der Waals surface area (Å²) >= 11 is 1.19. The van der Waals surface area contributed by atoms with Crippen LogP contribution in [0.2, 0.25) is 0 Å². The summed E-state index contributed by atoms with van der Waals surface area (Å²) in [6.45, 7) is 1.97. The Kier molecular flexibility index (Phi) is 4.53. The van der Waals surface area contributed by atoms with Gasteiger partial charge in [0.2, 0.25) is 5.12 Å². The molecule has 0 radical (unpaired) electrons. The highest BCUT2D eigenvalue weighted by Crippen LogP contribution is 2.20. The number of hydrogen-bond donors (Lipinski definition) is 0. The maximum atomic E-state index is 12.0. The van der Waals surface area contributed by atoms with Crippen molar-refractivity contribution in [3.63, 3.8) is 0 Å². The van der Waals surface area contributed by atoms with Crippen molar-refractivity contribution < 1.29 is 9.72 Å². The molecular weight excluding hydrogens is 274 g/mol. The third-order valence-corrected chi connectivity index (χ3v) is 3.78. The van der Waals surface area contributed by atoms with Crippen LogP contribution in [0.3, 0.4) is 0 Å². The minimum absolute atomic E-state index is 0.00310. The average molecular weight is 287 g/mol. The second-order valence-corrected chi connectivity index (χ2v) is 5.31. The molecule has 20 heavy (non-hydrogen) atoms. The summed E-state index contributed by atoms with van der Waals surface area (Å²) in [4.78, 5) is 22.1. The molecule has 2 rings (SSSR count). The van der Waals surface area contributed by atoms with E-state index in [1.165, 1.54) is 23.9 Å². The number of nitro benzene ring substituents is 1. The number of benzene rings is 2. The minimum Gasteiger partial charge on any atom is -0.282 e. The zero-order chi connectivity index (χ0) is 14.5. The van der Waals surface area contributed by atoms with Gasteiger partial charge in [0, 0.05) is 23.4 Å². The van der Waals surface area contributed by atoms with Crippen LogP contribution in [0.15, 0.2) is 48.5 Å². The highest BCUT2D eigenvalue weighted by Gasteiger charge is 2.08. The molecule has 0 saturated carbocycles. The van der Waals surface area contributed by atoms with Gasteiger partial charge in [-0.15, -0.1) is 0 Å². The summed E-state index contributed by atoms with van der Waals surface area (Å²) in [6, 6.07) is 13.7. The van der Waals surface area contributed by atoms with Crippen molar-refractivity contribution in [2.75, 3.05) is 0 Å². The zero-order valence-corrected chi connectivity index (χ0v) is 11.7. The van der Waals surface area contributed by atoms with Crippen LogP contribution in [-0.4, -0.2) is 10.0 Å². The van der Waals surface area contributed by atoms with Gasteiger partial charge < -0.3 is 0 Å². The largest absolute Gasteiger partial charge is 0.282 e. The van der Waals surface area contributed by atoms with Gasteiger partial charge in [-0.1, -0.05) is 53.7 Å². The van der Waals surface area contributed by atoms with E-state index in [9.17, 15) is 14.9 Å². The third-order valence-electron chi connectivity index (χ3n) is 2.80. The molecule has 2 aromatic rings. The number of carbonyl (C=O) groups is 1. The van der Waals surface area contributed by atoms with Gasteiger partial charge in [0.25, 0.3) is 5.69 Å². The molecule has 0 aliphatic carbocycles. The molecule has 2 aromatic carbocycles. The molecule has 0 aromatic heterocycles. The molecular formula is C15H13NO3S. The normalized spacial score (nSPS) is 10.2. The van der Waals surface area contributed by atoms with Crippen LogP contribution in [0, 0.1) is 17.0 Å². The molecule has 4 nitrogen and oxygen atoms in total. The predicted octanol–water partition coefficient (Wildman–Crippen LogP) is 3.98. The maximum Gasteiger partial charge on any atom is 0.269 e. The number of non-ortho nitro benzene ring substituents is 1. The number of rotatable bonds is 4. The molecule has 0 unspecified atom stereocenters. The average Bonchev–Trinajstić information content (AvgIpc) is 2.46. The Morgan fingerprint density at radius 1 is 1.10 bits per heavy atom. The van der Waals surface area contributed by atoms with Crippen molar-refractivity contribution in [1.29, 1.82) is 0 Å². The lowest BCUT2D eigenvalue weighted by Gasteiger charge is -2.02. The number of nitrogens with zero attached hydrogens (tertiary/aromatic N) is 1. The molecule has 0 heterocycles. The molecule has 0 saturated heterocycles. The molecule has 0 amide bonds. The summed E-state index contributed by atoms with van der Waals surface area (Å²) in [5.41, 5.74) is 2.73. The summed E-state index contributed by atoms with van der Waals surface area (Å²) in [5.74, 6) is 0.505. The summed E-state index contributed by atoms with van der Waals surface area (Å²) < 4.78 is 0. The molecule has 5 heteroatoms. The number of hydrogen-bond acceptors (Lipinski definition) is 4. The van der Waals surface area contributed by atoms with Crippen molar-refractivity contribution >= 4 is 22.6 Å². The predicted molar refractivity (Wildman–Crippen MR) is 79.9 cm³/mol. The van der Waals surface area contributed by atoms with E-state index in [1.807, 2.05) is 19.1 Å². The van der Waals surface area contributed by atoms with Crippen molar-refractivity contribution in [2.45, 2.75) is 12.7 Å². The van der Waals surface area contributed by atoms with Gasteiger partial charge in [-0.05, 0) is 12.5 Å². The number of carbonyl (C=O) groups excluding carboxylic acids is 1. The first kappa shape index (κ1) is 14.3. The molecule has 102 valence electrons. The Balaban J connectivity index is 1.96. The topological polar surface area (TPSA) is 60.2 Å². The van der Waals surface area contributed by atoms with Gasteiger partial charge in [0.1, 0.15) is 0 Å². The van der Waals surface area contributed by atoms with Gasteiger partial charge in [-0.3, -0.25) is 14.9 Å². The van der Waals surface area contributed by atoms with Crippen molar-refractivity contribution in [1.82, 2.24) is 0 Å². The van der Waals surface area contributed by atoms with Crippen LogP contribution >= 0.6 is 11.8 Å². The Hall–Kier alpha value is -2.14. The van der Waals surface area contributed by atoms with Gasteiger partial charge in [-0.25, -0.2) is 0 Å². The SMILES string of the molecule is Cc1ccc(C(=O)SCc2ccc([N+](=O)[O-])cc2)cc1. The highest BCUT2D eigenvalue weighted by atomic mass is 32.2. The van der Waals surface area contributed by atoms with Crippen molar-refractivity contribution in [2.24, 2.45) is 0 Å². The lowest BCUT2D eigenvalue weighted by Crippen LogP contribution is -1.94. The molecule has 0 aliphatic rings. The van der Waals surface area contributed by atoms with Gasteiger partial charge in [0.05, 0.1) is 4.92 Å². The van der Waals surface area contributed by atoms with E-state index in [-0.39, 0.29) is 10.8 Å². The van der Waals surface area contributed by atoms with Gasteiger partial charge in [0.15, 0.2) is 0 Å².